The number of halogens is 2. The summed E-state index contributed by atoms with van der Waals surface area (Å²) in [7, 11) is 1.47. The molecule has 0 atom stereocenters. The van der Waals surface area contributed by atoms with E-state index in [4.69, 9.17) is 27.9 Å². The van der Waals surface area contributed by atoms with Gasteiger partial charge in [-0.2, -0.15) is 0 Å². The molecule has 1 aromatic heterocycles. The molecule has 0 amide bonds. The predicted molar refractivity (Wildman–Crippen MR) is 79.7 cm³/mol. The van der Waals surface area contributed by atoms with Crippen LogP contribution < -0.4 is 10.1 Å². The van der Waals surface area contributed by atoms with Crippen molar-refractivity contribution in [3.63, 3.8) is 0 Å². The van der Waals surface area contributed by atoms with E-state index >= 15 is 0 Å². The molecule has 0 saturated heterocycles. The second-order valence-corrected chi connectivity index (χ2v) is 4.81. The van der Waals surface area contributed by atoms with E-state index in [0.717, 1.165) is 11.9 Å². The maximum Gasteiger partial charge on any atom is 0.348 e. The fourth-order valence-electron chi connectivity index (χ4n) is 1.67. The summed E-state index contributed by atoms with van der Waals surface area (Å²) in [6, 6.07) is 3.30. The number of aryl methyl sites for hydroxylation is 1. The molecule has 2 rings (SSSR count). The summed E-state index contributed by atoms with van der Waals surface area (Å²) in [4.78, 5) is 17.8. The van der Waals surface area contributed by atoms with E-state index in [9.17, 15) is 10.1 Å². The van der Waals surface area contributed by atoms with Crippen molar-refractivity contribution in [3.05, 3.63) is 44.3 Å². The highest BCUT2D eigenvalue weighted by Crippen LogP contribution is 2.36. The fraction of sp³-hybridized carbons (Fsp3) is 0.167. The summed E-state index contributed by atoms with van der Waals surface area (Å²) in [5.41, 5.74) is 0.855. The third kappa shape index (κ3) is 3.14. The Kier molecular flexibility index (Phi) is 4.44. The summed E-state index contributed by atoms with van der Waals surface area (Å²) < 4.78 is 5.19. The number of nitro groups is 1. The molecular formula is C12H10Cl2N4O3. The lowest BCUT2D eigenvalue weighted by atomic mass is 10.2. The number of benzene rings is 1. The Hall–Kier alpha value is -2.12. The lowest BCUT2D eigenvalue weighted by molar-refractivity contribution is -0.384. The summed E-state index contributed by atoms with van der Waals surface area (Å²) in [6.07, 6.45) is 1.13. The predicted octanol–water partition coefficient (Wildman–Crippen LogP) is 3.75. The molecule has 0 saturated carbocycles. The molecule has 0 radical (unpaired) electrons. The third-order valence-electron chi connectivity index (χ3n) is 2.69. The molecule has 0 aliphatic carbocycles. The summed E-state index contributed by atoms with van der Waals surface area (Å²) in [5, 5.41) is 14.2. The first kappa shape index (κ1) is 15.3. The zero-order valence-electron chi connectivity index (χ0n) is 11.1. The first-order chi connectivity index (χ1) is 9.93. The number of methoxy groups -OCH3 is 1. The normalized spacial score (nSPS) is 10.3. The van der Waals surface area contributed by atoms with Gasteiger partial charge in [0.05, 0.1) is 17.7 Å². The van der Waals surface area contributed by atoms with Gasteiger partial charge in [0.1, 0.15) is 12.1 Å². The molecule has 21 heavy (non-hydrogen) atoms. The highest BCUT2D eigenvalue weighted by atomic mass is 35.5. The molecule has 1 aromatic carbocycles. The summed E-state index contributed by atoms with van der Waals surface area (Å²) in [5.74, 6) is 0.398. The molecule has 0 aliphatic rings. The largest absolute Gasteiger partial charge is 0.495 e. The molecule has 7 nitrogen and oxygen atoms in total. The van der Waals surface area contributed by atoms with Crippen molar-refractivity contribution in [2.45, 2.75) is 6.92 Å². The Morgan fingerprint density at radius 1 is 1.33 bits per heavy atom. The molecule has 1 heterocycles. The average molecular weight is 329 g/mol. The van der Waals surface area contributed by atoms with Crippen LogP contribution in [0.3, 0.4) is 0 Å². The number of aromatic nitrogens is 2. The van der Waals surface area contributed by atoms with Crippen LogP contribution in [0, 0.1) is 17.0 Å². The molecule has 9 heteroatoms. The van der Waals surface area contributed by atoms with Gasteiger partial charge in [0.25, 0.3) is 0 Å². The first-order valence-electron chi connectivity index (χ1n) is 5.70. The molecule has 110 valence electrons. The van der Waals surface area contributed by atoms with Gasteiger partial charge in [-0.15, -0.1) is 0 Å². The van der Waals surface area contributed by atoms with Crippen LogP contribution in [0.5, 0.6) is 5.75 Å². The number of nitrogens with one attached hydrogen (secondary N) is 1. The third-order valence-corrected chi connectivity index (χ3v) is 3.38. The van der Waals surface area contributed by atoms with Crippen LogP contribution in [-0.2, 0) is 0 Å². The number of rotatable bonds is 4. The van der Waals surface area contributed by atoms with E-state index in [-0.39, 0.29) is 11.0 Å². The van der Waals surface area contributed by atoms with E-state index in [1.54, 1.807) is 19.1 Å². The number of ether oxygens (including phenoxy) is 1. The highest BCUT2D eigenvalue weighted by Gasteiger charge is 2.22. The minimum atomic E-state index is -0.653. The summed E-state index contributed by atoms with van der Waals surface area (Å²) >= 11 is 11.7. The van der Waals surface area contributed by atoms with Crippen molar-refractivity contribution >= 4 is 40.4 Å². The molecule has 0 bridgehead atoms. The van der Waals surface area contributed by atoms with Crippen molar-refractivity contribution in [1.82, 2.24) is 9.97 Å². The van der Waals surface area contributed by atoms with Gasteiger partial charge in [0.15, 0.2) is 0 Å². The van der Waals surface area contributed by atoms with Gasteiger partial charge in [0, 0.05) is 11.1 Å². The quantitative estimate of drug-likeness (QED) is 0.522. The SMILES string of the molecule is COc1cc(Cl)c(C)cc1Nc1ncnc(Cl)c1[N+](=O)[O-]. The monoisotopic (exact) mass is 328 g/mol. The van der Waals surface area contributed by atoms with Gasteiger partial charge in [-0.1, -0.05) is 23.2 Å². The highest BCUT2D eigenvalue weighted by molar-refractivity contribution is 6.32. The minimum absolute atomic E-state index is 0.0278. The van der Waals surface area contributed by atoms with Crippen LogP contribution in [0.1, 0.15) is 5.56 Å². The molecule has 0 unspecified atom stereocenters. The maximum atomic E-state index is 11.1. The Balaban J connectivity index is 2.50. The Morgan fingerprint density at radius 3 is 2.67 bits per heavy atom. The fourth-order valence-corrected chi connectivity index (χ4v) is 2.02. The van der Waals surface area contributed by atoms with Crippen molar-refractivity contribution in [3.8, 4) is 5.75 Å². The lowest BCUT2D eigenvalue weighted by Crippen LogP contribution is -2.03. The van der Waals surface area contributed by atoms with Crippen molar-refractivity contribution < 1.29 is 9.66 Å². The van der Waals surface area contributed by atoms with Crippen LogP contribution in [0.25, 0.3) is 0 Å². The van der Waals surface area contributed by atoms with E-state index < -0.39 is 10.6 Å². The Labute approximate surface area is 130 Å². The van der Waals surface area contributed by atoms with E-state index in [0.29, 0.717) is 16.5 Å². The molecule has 2 aromatic rings. The van der Waals surface area contributed by atoms with Crippen LogP contribution in [-0.4, -0.2) is 22.0 Å². The Morgan fingerprint density at radius 2 is 2.05 bits per heavy atom. The van der Waals surface area contributed by atoms with Crippen molar-refractivity contribution in [1.29, 1.82) is 0 Å². The van der Waals surface area contributed by atoms with Gasteiger partial charge < -0.3 is 10.1 Å². The molecule has 0 fully saturated rings. The topological polar surface area (TPSA) is 90.2 Å². The second kappa shape index (κ2) is 6.11. The zero-order chi connectivity index (χ0) is 15.6. The van der Waals surface area contributed by atoms with Crippen LogP contribution in [0.2, 0.25) is 10.2 Å². The van der Waals surface area contributed by atoms with Gasteiger partial charge >= 0.3 is 5.69 Å². The first-order valence-corrected chi connectivity index (χ1v) is 6.45. The number of hydrogen-bond donors (Lipinski definition) is 1. The van der Waals surface area contributed by atoms with Gasteiger partial charge in [-0.3, -0.25) is 10.1 Å². The van der Waals surface area contributed by atoms with Crippen molar-refractivity contribution in [2.24, 2.45) is 0 Å². The number of hydrogen-bond acceptors (Lipinski definition) is 6. The number of anilines is 2. The smallest absolute Gasteiger partial charge is 0.348 e. The van der Waals surface area contributed by atoms with Crippen LogP contribution in [0.15, 0.2) is 18.5 Å². The minimum Gasteiger partial charge on any atom is -0.495 e. The van der Waals surface area contributed by atoms with E-state index in [1.807, 2.05) is 0 Å². The number of nitrogens with zero attached hydrogens (tertiary/aromatic N) is 3. The molecule has 0 aliphatic heterocycles. The molecule has 0 spiro atoms. The van der Waals surface area contributed by atoms with Crippen LogP contribution >= 0.6 is 23.2 Å². The zero-order valence-corrected chi connectivity index (χ0v) is 12.6. The van der Waals surface area contributed by atoms with Gasteiger partial charge in [0.2, 0.25) is 11.0 Å². The van der Waals surface area contributed by atoms with Gasteiger partial charge in [-0.05, 0) is 18.6 Å². The second-order valence-electron chi connectivity index (χ2n) is 4.05. The van der Waals surface area contributed by atoms with Crippen LogP contribution in [0.4, 0.5) is 17.2 Å². The lowest BCUT2D eigenvalue weighted by Gasteiger charge is -2.12. The standard InChI is InChI=1S/C12H10Cl2N4O3/c1-6-3-8(9(21-2)4-7(6)13)17-12-10(18(19)20)11(14)15-5-16-12/h3-5H,1-2H3,(H,15,16,17). The van der Waals surface area contributed by atoms with E-state index in [1.165, 1.54) is 7.11 Å². The average Bonchev–Trinajstić information content (AvgIpc) is 2.42. The van der Waals surface area contributed by atoms with Crippen molar-refractivity contribution in [2.75, 3.05) is 12.4 Å². The van der Waals surface area contributed by atoms with E-state index in [2.05, 4.69) is 15.3 Å². The maximum absolute atomic E-state index is 11.1. The summed E-state index contributed by atoms with van der Waals surface area (Å²) in [6.45, 7) is 1.80. The Bertz CT molecular complexity index is 709. The van der Waals surface area contributed by atoms with Gasteiger partial charge in [-0.25, -0.2) is 9.97 Å². The molecule has 1 N–H and O–H groups in total. The molecular weight excluding hydrogens is 319 g/mol.